The molecule has 0 radical (unpaired) electrons. The van der Waals surface area contributed by atoms with E-state index in [1.54, 1.807) is 12.0 Å². The molecule has 114 valence electrons. The van der Waals surface area contributed by atoms with Crippen molar-refractivity contribution in [3.63, 3.8) is 0 Å². The Labute approximate surface area is 118 Å². The number of carboxylic acids is 1. The van der Waals surface area contributed by atoms with Crippen molar-refractivity contribution >= 4 is 12.0 Å². The van der Waals surface area contributed by atoms with Crippen molar-refractivity contribution < 1.29 is 24.2 Å². The molecule has 7 heteroatoms. The SMILES string of the molecule is COC1CCN(C(=O)NC2(C(=O)O)CCOCC2)CC1. The molecule has 7 nitrogen and oxygen atoms in total. The molecule has 0 aromatic rings. The molecule has 0 aromatic heterocycles. The van der Waals surface area contributed by atoms with Crippen molar-refractivity contribution in [3.8, 4) is 0 Å². The molecule has 2 saturated heterocycles. The van der Waals surface area contributed by atoms with Crippen LogP contribution in [-0.2, 0) is 14.3 Å². The molecule has 0 saturated carbocycles. The summed E-state index contributed by atoms with van der Waals surface area (Å²) in [6.45, 7) is 1.91. The van der Waals surface area contributed by atoms with Crippen LogP contribution in [0.3, 0.4) is 0 Å². The van der Waals surface area contributed by atoms with Crippen LogP contribution < -0.4 is 5.32 Å². The molecule has 2 amide bonds. The largest absolute Gasteiger partial charge is 0.480 e. The zero-order valence-electron chi connectivity index (χ0n) is 11.8. The lowest BCUT2D eigenvalue weighted by atomic mass is 9.90. The quantitative estimate of drug-likeness (QED) is 0.786. The number of amides is 2. The number of hydrogen-bond acceptors (Lipinski definition) is 4. The summed E-state index contributed by atoms with van der Waals surface area (Å²) in [5.41, 5.74) is -1.19. The number of hydrogen-bond donors (Lipinski definition) is 2. The number of carbonyl (C=O) groups excluding carboxylic acids is 1. The fourth-order valence-electron chi connectivity index (χ4n) is 2.69. The van der Waals surface area contributed by atoms with Gasteiger partial charge in [-0.3, -0.25) is 0 Å². The Morgan fingerprint density at radius 2 is 1.90 bits per heavy atom. The van der Waals surface area contributed by atoms with E-state index in [2.05, 4.69) is 5.32 Å². The van der Waals surface area contributed by atoms with Crippen molar-refractivity contribution in [3.05, 3.63) is 0 Å². The van der Waals surface area contributed by atoms with E-state index in [4.69, 9.17) is 9.47 Å². The Bertz CT molecular complexity index is 360. The van der Waals surface area contributed by atoms with Crippen molar-refractivity contribution in [2.45, 2.75) is 37.3 Å². The molecule has 0 aliphatic carbocycles. The predicted octanol–water partition coefficient (Wildman–Crippen LogP) is 0.441. The van der Waals surface area contributed by atoms with Crippen LogP contribution in [0.15, 0.2) is 0 Å². The highest BCUT2D eigenvalue weighted by Gasteiger charge is 2.42. The minimum atomic E-state index is -1.19. The number of piperidine rings is 1. The minimum absolute atomic E-state index is 0.190. The second-order valence-corrected chi connectivity index (χ2v) is 5.35. The highest BCUT2D eigenvalue weighted by Crippen LogP contribution is 2.22. The normalized spacial score (nSPS) is 23.4. The summed E-state index contributed by atoms with van der Waals surface area (Å²) < 4.78 is 10.4. The van der Waals surface area contributed by atoms with Gasteiger partial charge in [0.1, 0.15) is 5.54 Å². The van der Waals surface area contributed by atoms with Gasteiger partial charge in [0.05, 0.1) is 6.10 Å². The van der Waals surface area contributed by atoms with Crippen molar-refractivity contribution in [1.82, 2.24) is 10.2 Å². The van der Waals surface area contributed by atoms with Gasteiger partial charge < -0.3 is 24.8 Å². The molecule has 2 fully saturated rings. The van der Waals surface area contributed by atoms with Gasteiger partial charge in [-0.25, -0.2) is 9.59 Å². The van der Waals surface area contributed by atoms with Gasteiger partial charge in [0.25, 0.3) is 0 Å². The first-order valence-electron chi connectivity index (χ1n) is 6.98. The maximum atomic E-state index is 12.2. The predicted molar refractivity (Wildman–Crippen MR) is 70.6 cm³/mol. The summed E-state index contributed by atoms with van der Waals surface area (Å²) >= 11 is 0. The highest BCUT2D eigenvalue weighted by atomic mass is 16.5. The number of rotatable bonds is 3. The number of carbonyl (C=O) groups is 2. The van der Waals surface area contributed by atoms with Crippen LogP contribution in [0, 0.1) is 0 Å². The van der Waals surface area contributed by atoms with Crippen LogP contribution in [0.25, 0.3) is 0 Å². The van der Waals surface area contributed by atoms with Crippen molar-refractivity contribution in [1.29, 1.82) is 0 Å². The van der Waals surface area contributed by atoms with Crippen molar-refractivity contribution in [2.24, 2.45) is 0 Å². The Hall–Kier alpha value is -1.34. The van der Waals surface area contributed by atoms with E-state index in [1.165, 1.54) is 0 Å². The van der Waals surface area contributed by atoms with Crippen LogP contribution in [0.5, 0.6) is 0 Å². The molecular weight excluding hydrogens is 264 g/mol. The molecule has 2 aliphatic rings. The number of likely N-dealkylation sites (tertiary alicyclic amines) is 1. The third-order valence-electron chi connectivity index (χ3n) is 4.16. The van der Waals surface area contributed by atoms with E-state index in [9.17, 15) is 14.7 Å². The molecule has 0 spiro atoms. The number of ether oxygens (including phenoxy) is 2. The van der Waals surface area contributed by atoms with Crippen LogP contribution in [0.2, 0.25) is 0 Å². The fourth-order valence-corrected chi connectivity index (χ4v) is 2.69. The number of methoxy groups -OCH3 is 1. The second-order valence-electron chi connectivity index (χ2n) is 5.35. The van der Waals surface area contributed by atoms with Gasteiger partial charge in [-0.1, -0.05) is 0 Å². The molecule has 20 heavy (non-hydrogen) atoms. The molecule has 0 unspecified atom stereocenters. The second kappa shape index (κ2) is 6.41. The summed E-state index contributed by atoms with van der Waals surface area (Å²) in [6.07, 6.45) is 2.38. The number of aliphatic carboxylic acids is 1. The van der Waals surface area contributed by atoms with E-state index >= 15 is 0 Å². The summed E-state index contributed by atoms with van der Waals surface area (Å²) in [6, 6.07) is -0.302. The average molecular weight is 286 g/mol. The fraction of sp³-hybridized carbons (Fsp3) is 0.846. The molecule has 0 atom stereocenters. The maximum absolute atomic E-state index is 12.2. The van der Waals surface area contributed by atoms with Crippen molar-refractivity contribution in [2.75, 3.05) is 33.4 Å². The number of nitrogens with zero attached hydrogens (tertiary/aromatic N) is 1. The smallest absolute Gasteiger partial charge is 0.329 e. The maximum Gasteiger partial charge on any atom is 0.329 e. The number of nitrogens with one attached hydrogen (secondary N) is 1. The van der Waals surface area contributed by atoms with Crippen LogP contribution in [0.4, 0.5) is 4.79 Å². The first kappa shape index (κ1) is 15.1. The topological polar surface area (TPSA) is 88.1 Å². The van der Waals surface area contributed by atoms with E-state index in [-0.39, 0.29) is 12.1 Å². The zero-order chi connectivity index (χ0) is 14.6. The van der Waals surface area contributed by atoms with Gasteiger partial charge in [-0.15, -0.1) is 0 Å². The van der Waals surface area contributed by atoms with Gasteiger partial charge in [-0.2, -0.15) is 0 Å². The highest BCUT2D eigenvalue weighted by molar-refractivity contribution is 5.86. The van der Waals surface area contributed by atoms with E-state index in [1.807, 2.05) is 0 Å². The van der Waals surface area contributed by atoms with Crippen LogP contribution >= 0.6 is 0 Å². The monoisotopic (exact) mass is 286 g/mol. The van der Waals surface area contributed by atoms with E-state index < -0.39 is 11.5 Å². The minimum Gasteiger partial charge on any atom is -0.480 e. The molecule has 2 heterocycles. The lowest BCUT2D eigenvalue weighted by Crippen LogP contribution is -2.61. The van der Waals surface area contributed by atoms with Crippen LogP contribution in [-0.4, -0.2) is 67.1 Å². The van der Waals surface area contributed by atoms with Gasteiger partial charge in [0, 0.05) is 46.3 Å². The van der Waals surface area contributed by atoms with Gasteiger partial charge in [-0.05, 0) is 12.8 Å². The summed E-state index contributed by atoms with van der Waals surface area (Å²) in [5, 5.41) is 12.1. The third-order valence-corrected chi connectivity index (χ3v) is 4.16. The Kier molecular flexibility index (Phi) is 4.82. The Morgan fingerprint density at radius 1 is 1.30 bits per heavy atom. The standard InChI is InChI=1S/C13H22N2O5/c1-19-10-2-6-15(7-3-10)12(18)14-13(11(16)17)4-8-20-9-5-13/h10H,2-9H2,1H3,(H,14,18)(H,16,17). The number of urea groups is 1. The van der Waals surface area contributed by atoms with Gasteiger partial charge in [0.15, 0.2) is 0 Å². The van der Waals surface area contributed by atoms with E-state index in [0.29, 0.717) is 39.1 Å². The molecule has 2 N–H and O–H groups in total. The number of carboxylic acid groups (broad SMARTS) is 1. The molecule has 2 aliphatic heterocycles. The first-order valence-corrected chi connectivity index (χ1v) is 6.98. The molecule has 2 rings (SSSR count). The Morgan fingerprint density at radius 3 is 2.40 bits per heavy atom. The summed E-state index contributed by atoms with van der Waals surface area (Å²) in [7, 11) is 1.67. The molecule has 0 bridgehead atoms. The lowest BCUT2D eigenvalue weighted by molar-refractivity contribution is -0.148. The third kappa shape index (κ3) is 3.21. The average Bonchev–Trinajstić information content (AvgIpc) is 2.48. The molecule has 0 aromatic carbocycles. The molecular formula is C13H22N2O5. The first-order chi connectivity index (χ1) is 9.57. The van der Waals surface area contributed by atoms with Gasteiger partial charge in [0.2, 0.25) is 0 Å². The summed E-state index contributed by atoms with van der Waals surface area (Å²) in [4.78, 5) is 25.4. The zero-order valence-corrected chi connectivity index (χ0v) is 11.8. The lowest BCUT2D eigenvalue weighted by Gasteiger charge is -2.37. The Balaban J connectivity index is 1.94. The van der Waals surface area contributed by atoms with E-state index in [0.717, 1.165) is 12.8 Å². The van der Waals surface area contributed by atoms with Gasteiger partial charge >= 0.3 is 12.0 Å². The summed E-state index contributed by atoms with van der Waals surface area (Å²) in [5.74, 6) is -0.985. The van der Waals surface area contributed by atoms with Crippen LogP contribution in [0.1, 0.15) is 25.7 Å².